The summed E-state index contributed by atoms with van der Waals surface area (Å²) in [6, 6.07) is 7.03. The first-order valence-corrected chi connectivity index (χ1v) is 10.1. The molecule has 188 valence electrons. The standard InChI is InChI=1S/C23H20F6N2O4/c1-12-17-10-15(8-9-16(17)18(32)35-31-12)30-19(33)21(34,23(27,28)29)11-20(2,3)13-4-6-14(7-5-13)22(24,25)26/h4-10,34H,11H2,1-3H3,(H,30,33). The molecule has 0 bridgehead atoms. The molecule has 0 aliphatic rings. The summed E-state index contributed by atoms with van der Waals surface area (Å²) in [7, 11) is 0. The number of fused-ring (bicyclic) bond motifs is 1. The minimum Gasteiger partial charge on any atom is -0.373 e. The number of aliphatic hydroxyl groups is 1. The van der Waals surface area contributed by atoms with Gasteiger partial charge < -0.3 is 14.9 Å². The van der Waals surface area contributed by atoms with Gasteiger partial charge in [0.25, 0.3) is 5.91 Å². The van der Waals surface area contributed by atoms with Crippen molar-refractivity contribution in [2.24, 2.45) is 0 Å². The van der Waals surface area contributed by atoms with Crippen LogP contribution in [0.15, 0.2) is 51.8 Å². The van der Waals surface area contributed by atoms with E-state index in [0.29, 0.717) is 12.1 Å². The van der Waals surface area contributed by atoms with E-state index in [9.17, 15) is 41.0 Å². The van der Waals surface area contributed by atoms with E-state index in [0.717, 1.165) is 18.2 Å². The highest BCUT2D eigenvalue weighted by molar-refractivity contribution is 5.99. The summed E-state index contributed by atoms with van der Waals surface area (Å²) < 4.78 is 85.0. The monoisotopic (exact) mass is 502 g/mol. The average Bonchev–Trinajstić information content (AvgIpc) is 2.75. The van der Waals surface area contributed by atoms with Gasteiger partial charge in [-0.1, -0.05) is 31.1 Å². The molecule has 1 aromatic heterocycles. The Labute approximate surface area is 194 Å². The molecular weight excluding hydrogens is 482 g/mol. The lowest BCUT2D eigenvalue weighted by molar-refractivity contribution is -0.254. The number of aryl methyl sites for hydroxylation is 1. The summed E-state index contributed by atoms with van der Waals surface area (Å²) in [4.78, 5) is 24.5. The molecule has 3 aromatic rings. The number of benzene rings is 2. The summed E-state index contributed by atoms with van der Waals surface area (Å²) in [5.41, 5.74) is -7.07. The van der Waals surface area contributed by atoms with E-state index in [1.807, 2.05) is 5.32 Å². The smallest absolute Gasteiger partial charge is 0.373 e. The van der Waals surface area contributed by atoms with Crippen LogP contribution in [0.2, 0.25) is 0 Å². The second-order valence-corrected chi connectivity index (χ2v) is 8.76. The van der Waals surface area contributed by atoms with Crippen molar-refractivity contribution in [1.82, 2.24) is 5.16 Å². The third kappa shape index (κ3) is 5.16. The number of hydrogen-bond donors (Lipinski definition) is 2. The number of hydrogen-bond acceptors (Lipinski definition) is 5. The van der Waals surface area contributed by atoms with Crippen molar-refractivity contribution in [3.8, 4) is 0 Å². The predicted molar refractivity (Wildman–Crippen MR) is 114 cm³/mol. The fourth-order valence-electron chi connectivity index (χ4n) is 3.70. The van der Waals surface area contributed by atoms with Crippen molar-refractivity contribution >= 4 is 22.4 Å². The van der Waals surface area contributed by atoms with Gasteiger partial charge in [0.1, 0.15) is 0 Å². The van der Waals surface area contributed by atoms with E-state index in [4.69, 9.17) is 0 Å². The minimum atomic E-state index is -5.42. The molecule has 0 saturated carbocycles. The number of halogens is 6. The van der Waals surface area contributed by atoms with Crippen LogP contribution in [0.4, 0.5) is 32.0 Å². The van der Waals surface area contributed by atoms with E-state index in [1.165, 1.54) is 32.9 Å². The topological polar surface area (TPSA) is 92.4 Å². The predicted octanol–water partition coefficient (Wildman–Crippen LogP) is 5.12. The number of nitrogens with zero attached hydrogens (tertiary/aromatic N) is 1. The van der Waals surface area contributed by atoms with E-state index in [-0.39, 0.29) is 27.7 Å². The Morgan fingerprint density at radius 3 is 2.09 bits per heavy atom. The van der Waals surface area contributed by atoms with Crippen molar-refractivity contribution in [2.45, 2.75) is 50.6 Å². The molecule has 1 unspecified atom stereocenters. The van der Waals surface area contributed by atoms with Crippen molar-refractivity contribution in [3.05, 3.63) is 69.7 Å². The molecular formula is C23H20F6N2O4. The molecule has 12 heteroatoms. The summed E-state index contributed by atoms with van der Waals surface area (Å²) in [6.45, 7) is 4.02. The minimum absolute atomic E-state index is 0.0557. The van der Waals surface area contributed by atoms with Gasteiger partial charge in [0, 0.05) is 17.5 Å². The van der Waals surface area contributed by atoms with Crippen molar-refractivity contribution in [1.29, 1.82) is 0 Å². The van der Waals surface area contributed by atoms with Crippen LogP contribution >= 0.6 is 0 Å². The number of alkyl halides is 6. The summed E-state index contributed by atoms with van der Waals surface area (Å²) in [6.07, 6.45) is -11.2. The molecule has 1 heterocycles. The Morgan fingerprint density at radius 1 is 0.971 bits per heavy atom. The molecule has 0 aliphatic heterocycles. The zero-order valence-electron chi connectivity index (χ0n) is 18.6. The zero-order chi connectivity index (χ0) is 26.4. The normalized spacial score (nSPS) is 14.6. The molecule has 0 spiro atoms. The van der Waals surface area contributed by atoms with E-state index in [2.05, 4.69) is 9.68 Å². The van der Waals surface area contributed by atoms with Crippen molar-refractivity contribution in [3.63, 3.8) is 0 Å². The molecule has 35 heavy (non-hydrogen) atoms. The Balaban J connectivity index is 1.94. The van der Waals surface area contributed by atoms with Crippen LogP contribution in [0.5, 0.6) is 0 Å². The van der Waals surface area contributed by atoms with Gasteiger partial charge in [0.15, 0.2) is 0 Å². The molecule has 2 aromatic carbocycles. The van der Waals surface area contributed by atoms with E-state index in [1.54, 1.807) is 0 Å². The van der Waals surface area contributed by atoms with Gasteiger partial charge in [-0.2, -0.15) is 26.3 Å². The Bertz CT molecular complexity index is 1310. The molecule has 6 nitrogen and oxygen atoms in total. The van der Waals surface area contributed by atoms with Crippen LogP contribution in [0.1, 0.15) is 37.1 Å². The molecule has 2 N–H and O–H groups in total. The SMILES string of the molecule is Cc1noc(=O)c2ccc(NC(=O)C(O)(CC(C)(C)c3ccc(C(F)(F)F)cc3)C(F)(F)F)cc12. The first-order valence-electron chi connectivity index (χ1n) is 10.1. The lowest BCUT2D eigenvalue weighted by Gasteiger charge is -2.36. The van der Waals surface area contributed by atoms with Gasteiger partial charge in [-0.3, -0.25) is 4.79 Å². The maximum atomic E-state index is 14.0. The van der Waals surface area contributed by atoms with Gasteiger partial charge in [0.2, 0.25) is 5.60 Å². The molecule has 0 saturated heterocycles. The first-order chi connectivity index (χ1) is 16.0. The molecule has 0 radical (unpaired) electrons. The second kappa shape index (κ2) is 8.67. The summed E-state index contributed by atoms with van der Waals surface area (Å²) >= 11 is 0. The third-order valence-corrected chi connectivity index (χ3v) is 5.69. The van der Waals surface area contributed by atoms with E-state index < -0.39 is 46.9 Å². The highest BCUT2D eigenvalue weighted by Gasteiger charge is 2.61. The van der Waals surface area contributed by atoms with Gasteiger partial charge in [-0.05, 0) is 48.2 Å². The van der Waals surface area contributed by atoms with Crippen LogP contribution in [0, 0.1) is 6.92 Å². The molecule has 1 amide bonds. The largest absolute Gasteiger partial charge is 0.426 e. The number of rotatable bonds is 5. The maximum absolute atomic E-state index is 14.0. The van der Waals surface area contributed by atoms with Gasteiger partial charge in [-0.15, -0.1) is 0 Å². The third-order valence-electron chi connectivity index (χ3n) is 5.69. The zero-order valence-corrected chi connectivity index (χ0v) is 18.6. The Morgan fingerprint density at radius 2 is 1.54 bits per heavy atom. The van der Waals surface area contributed by atoms with Crippen LogP contribution in [0.25, 0.3) is 10.8 Å². The van der Waals surface area contributed by atoms with E-state index >= 15 is 0 Å². The van der Waals surface area contributed by atoms with Gasteiger partial charge in [-0.25, -0.2) is 4.79 Å². The summed E-state index contributed by atoms with van der Waals surface area (Å²) in [5.74, 6) is -1.79. The lowest BCUT2D eigenvalue weighted by atomic mass is 9.74. The fourth-order valence-corrected chi connectivity index (χ4v) is 3.70. The molecule has 1 atom stereocenters. The number of nitrogens with one attached hydrogen (secondary N) is 1. The fraction of sp³-hybridized carbons (Fsp3) is 0.348. The van der Waals surface area contributed by atoms with Crippen LogP contribution in [-0.2, 0) is 16.4 Å². The van der Waals surface area contributed by atoms with Crippen molar-refractivity contribution < 1.29 is 40.8 Å². The maximum Gasteiger partial charge on any atom is 0.426 e. The number of carbonyl (C=O) groups excluding carboxylic acids is 1. The molecule has 0 aliphatic carbocycles. The number of aromatic nitrogens is 1. The quantitative estimate of drug-likeness (QED) is 0.473. The second-order valence-electron chi connectivity index (χ2n) is 8.76. The Hall–Kier alpha value is -3.41. The Kier molecular flexibility index (Phi) is 6.49. The van der Waals surface area contributed by atoms with Crippen molar-refractivity contribution in [2.75, 3.05) is 5.32 Å². The molecule has 3 rings (SSSR count). The highest BCUT2D eigenvalue weighted by atomic mass is 19.4. The van der Waals surface area contributed by atoms with Crippen LogP contribution < -0.4 is 10.9 Å². The first kappa shape index (κ1) is 26.2. The van der Waals surface area contributed by atoms with Crippen LogP contribution in [-0.4, -0.2) is 27.9 Å². The number of anilines is 1. The van der Waals surface area contributed by atoms with Gasteiger partial charge in [0.05, 0.1) is 16.6 Å². The van der Waals surface area contributed by atoms with Gasteiger partial charge >= 0.3 is 18.0 Å². The summed E-state index contributed by atoms with van der Waals surface area (Å²) in [5, 5.41) is 16.4. The number of carbonyl (C=O) groups is 1. The lowest BCUT2D eigenvalue weighted by Crippen LogP contribution is -2.57. The molecule has 0 fully saturated rings. The highest BCUT2D eigenvalue weighted by Crippen LogP contribution is 2.42. The van der Waals surface area contributed by atoms with Crippen LogP contribution in [0.3, 0.4) is 0 Å². The number of amides is 1. The average molecular weight is 502 g/mol.